The van der Waals surface area contributed by atoms with E-state index in [-0.39, 0.29) is 23.1 Å². The fraction of sp³-hybridized carbons (Fsp3) is 0.419. The summed E-state index contributed by atoms with van der Waals surface area (Å²) >= 11 is 0. The molecule has 37 heavy (non-hydrogen) atoms. The average molecular weight is 513 g/mol. The Hall–Kier alpha value is -3.15. The molecule has 3 nitrogen and oxygen atoms in total. The molecular formula is C31H35F3O3. The summed E-state index contributed by atoms with van der Waals surface area (Å²) in [6, 6.07) is 15.1. The number of ether oxygens (including phenoxy) is 3. The monoisotopic (exact) mass is 512 g/mol. The molecule has 0 amide bonds. The van der Waals surface area contributed by atoms with Gasteiger partial charge < -0.3 is 14.2 Å². The van der Waals surface area contributed by atoms with E-state index >= 15 is 8.78 Å². The largest absolute Gasteiger partial charge is 0.494 e. The van der Waals surface area contributed by atoms with Crippen LogP contribution in [-0.4, -0.2) is 19.8 Å². The van der Waals surface area contributed by atoms with Gasteiger partial charge in [0, 0.05) is 11.6 Å². The van der Waals surface area contributed by atoms with E-state index in [9.17, 15) is 4.39 Å². The van der Waals surface area contributed by atoms with Crippen molar-refractivity contribution in [1.82, 2.24) is 0 Å². The van der Waals surface area contributed by atoms with Crippen LogP contribution in [0, 0.1) is 23.4 Å². The Kier molecular flexibility index (Phi) is 9.37. The van der Waals surface area contributed by atoms with Gasteiger partial charge >= 0.3 is 0 Å². The summed E-state index contributed by atoms with van der Waals surface area (Å²) in [6.07, 6.45) is 5.11. The molecule has 6 heteroatoms. The fourth-order valence-electron chi connectivity index (χ4n) is 4.87. The summed E-state index contributed by atoms with van der Waals surface area (Å²) in [5.41, 5.74) is 1.30. The van der Waals surface area contributed by atoms with Crippen molar-refractivity contribution in [3.05, 3.63) is 77.6 Å². The average Bonchev–Trinajstić information content (AvgIpc) is 2.91. The van der Waals surface area contributed by atoms with Gasteiger partial charge in [-0.1, -0.05) is 37.6 Å². The van der Waals surface area contributed by atoms with Crippen molar-refractivity contribution in [1.29, 1.82) is 0 Å². The molecular weight excluding hydrogens is 477 g/mol. The molecule has 0 saturated heterocycles. The predicted molar refractivity (Wildman–Crippen MR) is 140 cm³/mol. The van der Waals surface area contributed by atoms with Gasteiger partial charge in [0.2, 0.25) is 0 Å². The predicted octanol–water partition coefficient (Wildman–Crippen LogP) is 8.70. The summed E-state index contributed by atoms with van der Waals surface area (Å²) in [4.78, 5) is 0. The highest BCUT2D eigenvalue weighted by Gasteiger charge is 2.27. The zero-order chi connectivity index (χ0) is 26.2. The standard InChI is InChI=1S/C31H35F3O3/c1-3-5-18-36-24-12-10-23(11-13-24)27-16-15-26(30(33)31(27)34)22-8-6-21(7-9-22)20-37-29-17-14-25(35-4-2)19-28(29)32/h10-17,19,21-22H,3-9,18,20H2,1-2H3. The summed E-state index contributed by atoms with van der Waals surface area (Å²) < 4.78 is 61.1. The molecule has 0 atom stereocenters. The lowest BCUT2D eigenvalue weighted by molar-refractivity contribution is 0.193. The molecule has 0 bridgehead atoms. The van der Waals surface area contributed by atoms with Crippen LogP contribution in [0.2, 0.25) is 0 Å². The first-order valence-corrected chi connectivity index (χ1v) is 13.3. The minimum Gasteiger partial charge on any atom is -0.494 e. The van der Waals surface area contributed by atoms with Gasteiger partial charge in [-0.2, -0.15) is 0 Å². The van der Waals surface area contributed by atoms with E-state index < -0.39 is 17.5 Å². The third kappa shape index (κ3) is 6.79. The van der Waals surface area contributed by atoms with Crippen molar-refractivity contribution < 1.29 is 27.4 Å². The minimum absolute atomic E-state index is 0.0450. The molecule has 1 aliphatic carbocycles. The third-order valence-corrected chi connectivity index (χ3v) is 7.02. The lowest BCUT2D eigenvalue weighted by Crippen LogP contribution is -2.20. The Bertz CT molecular complexity index is 1160. The zero-order valence-electron chi connectivity index (χ0n) is 21.6. The Labute approximate surface area is 217 Å². The summed E-state index contributed by atoms with van der Waals surface area (Å²) in [5, 5.41) is 0. The second-order valence-corrected chi connectivity index (χ2v) is 9.61. The molecule has 1 fully saturated rings. The highest BCUT2D eigenvalue weighted by molar-refractivity contribution is 5.65. The third-order valence-electron chi connectivity index (χ3n) is 7.02. The van der Waals surface area contributed by atoms with Gasteiger partial charge in [0.05, 0.1) is 19.8 Å². The van der Waals surface area contributed by atoms with Crippen LogP contribution in [0.1, 0.15) is 63.9 Å². The van der Waals surface area contributed by atoms with E-state index in [2.05, 4.69) is 6.92 Å². The Balaban J connectivity index is 1.33. The van der Waals surface area contributed by atoms with Crippen molar-refractivity contribution in [2.24, 2.45) is 5.92 Å². The van der Waals surface area contributed by atoms with Crippen molar-refractivity contribution >= 4 is 0 Å². The number of rotatable bonds is 11. The van der Waals surface area contributed by atoms with Crippen LogP contribution in [0.15, 0.2) is 54.6 Å². The summed E-state index contributed by atoms with van der Waals surface area (Å²) in [6.45, 7) is 5.45. The van der Waals surface area contributed by atoms with E-state index in [1.165, 1.54) is 6.07 Å². The van der Waals surface area contributed by atoms with Gasteiger partial charge in [0.25, 0.3) is 0 Å². The zero-order valence-corrected chi connectivity index (χ0v) is 21.6. The van der Waals surface area contributed by atoms with Crippen LogP contribution in [0.5, 0.6) is 17.2 Å². The Morgan fingerprint density at radius 1 is 0.757 bits per heavy atom. The number of benzene rings is 3. The smallest absolute Gasteiger partial charge is 0.168 e. The lowest BCUT2D eigenvalue weighted by Gasteiger charge is -2.29. The van der Waals surface area contributed by atoms with E-state index in [1.54, 1.807) is 48.5 Å². The molecule has 198 valence electrons. The quantitative estimate of drug-likeness (QED) is 0.241. The maximum absolute atomic E-state index is 15.1. The van der Waals surface area contributed by atoms with Crippen molar-refractivity contribution in [3.63, 3.8) is 0 Å². The van der Waals surface area contributed by atoms with Gasteiger partial charge in [-0.3, -0.25) is 0 Å². The van der Waals surface area contributed by atoms with Crippen LogP contribution >= 0.6 is 0 Å². The molecule has 3 aromatic carbocycles. The van der Waals surface area contributed by atoms with Crippen LogP contribution in [-0.2, 0) is 0 Å². The Morgan fingerprint density at radius 2 is 1.49 bits per heavy atom. The van der Waals surface area contributed by atoms with Crippen LogP contribution in [0.25, 0.3) is 11.1 Å². The van der Waals surface area contributed by atoms with Crippen LogP contribution in [0.3, 0.4) is 0 Å². The fourth-order valence-corrected chi connectivity index (χ4v) is 4.87. The van der Waals surface area contributed by atoms with Crippen molar-refractivity contribution in [2.45, 2.75) is 58.3 Å². The first kappa shape index (κ1) is 26.9. The number of unbranched alkanes of at least 4 members (excludes halogenated alkanes) is 1. The highest BCUT2D eigenvalue weighted by Crippen LogP contribution is 2.39. The number of halogens is 3. The van der Waals surface area contributed by atoms with E-state index in [0.29, 0.717) is 36.7 Å². The van der Waals surface area contributed by atoms with Crippen LogP contribution in [0.4, 0.5) is 13.2 Å². The van der Waals surface area contributed by atoms with Gasteiger partial charge in [0.15, 0.2) is 23.2 Å². The molecule has 0 radical (unpaired) electrons. The summed E-state index contributed by atoms with van der Waals surface area (Å²) in [7, 11) is 0. The normalized spacial score (nSPS) is 17.4. The van der Waals surface area contributed by atoms with Gasteiger partial charge in [0.1, 0.15) is 11.5 Å². The molecule has 0 aliphatic heterocycles. The molecule has 0 spiro atoms. The molecule has 0 N–H and O–H groups in total. The SMILES string of the molecule is CCCCOc1ccc(-c2ccc(C3CCC(COc4ccc(OCC)cc4F)CC3)c(F)c2F)cc1. The molecule has 3 aromatic rings. The number of hydrogen-bond acceptors (Lipinski definition) is 3. The maximum atomic E-state index is 15.1. The maximum Gasteiger partial charge on any atom is 0.168 e. The first-order valence-electron chi connectivity index (χ1n) is 13.3. The molecule has 0 aromatic heterocycles. The second-order valence-electron chi connectivity index (χ2n) is 9.61. The van der Waals surface area contributed by atoms with E-state index in [4.69, 9.17) is 14.2 Å². The molecule has 0 heterocycles. The van der Waals surface area contributed by atoms with Crippen molar-refractivity contribution in [2.75, 3.05) is 19.8 Å². The van der Waals surface area contributed by atoms with Gasteiger partial charge in [-0.15, -0.1) is 0 Å². The second kappa shape index (κ2) is 12.9. The van der Waals surface area contributed by atoms with Gasteiger partial charge in [-0.25, -0.2) is 13.2 Å². The summed E-state index contributed by atoms with van der Waals surface area (Å²) in [5.74, 6) is -0.428. The van der Waals surface area contributed by atoms with Gasteiger partial charge in [-0.05, 0) is 86.3 Å². The molecule has 0 unspecified atom stereocenters. The minimum atomic E-state index is -0.811. The van der Waals surface area contributed by atoms with E-state index in [0.717, 1.165) is 44.3 Å². The highest BCUT2D eigenvalue weighted by atomic mass is 19.2. The van der Waals surface area contributed by atoms with E-state index in [1.807, 2.05) is 6.92 Å². The van der Waals surface area contributed by atoms with Crippen LogP contribution < -0.4 is 14.2 Å². The molecule has 4 rings (SSSR count). The molecule has 1 aliphatic rings. The Morgan fingerprint density at radius 3 is 2.16 bits per heavy atom. The van der Waals surface area contributed by atoms with Crippen molar-refractivity contribution in [3.8, 4) is 28.4 Å². The number of hydrogen-bond donors (Lipinski definition) is 0. The topological polar surface area (TPSA) is 27.7 Å². The lowest BCUT2D eigenvalue weighted by atomic mass is 9.78. The first-order chi connectivity index (χ1) is 18.0. The molecule has 1 saturated carbocycles.